The molecule has 4 nitrogen and oxygen atoms in total. The summed E-state index contributed by atoms with van der Waals surface area (Å²) in [6.45, 7) is 0. The fraction of sp³-hybridized carbons (Fsp3) is 0.538. The Hall–Kier alpha value is -1.30. The normalized spacial score (nSPS) is 23.1. The van der Waals surface area contributed by atoms with E-state index < -0.39 is 10.7 Å². The van der Waals surface area contributed by atoms with Gasteiger partial charge in [-0.25, -0.2) is 4.39 Å². The Bertz CT molecular complexity index is 462. The molecule has 1 N–H and O–H groups in total. The Morgan fingerprint density at radius 2 is 2.05 bits per heavy atom. The van der Waals surface area contributed by atoms with Crippen molar-refractivity contribution < 1.29 is 9.31 Å². The fourth-order valence-electron chi connectivity index (χ4n) is 2.44. The molecule has 2 rings (SSSR count). The van der Waals surface area contributed by atoms with Gasteiger partial charge in [0.2, 0.25) is 0 Å². The van der Waals surface area contributed by atoms with Crippen molar-refractivity contribution in [2.75, 3.05) is 11.6 Å². The molecule has 0 bridgehead atoms. The Labute approximate surface area is 115 Å². The monoisotopic (exact) mass is 284 g/mol. The number of hydrogen-bond donors (Lipinski definition) is 1. The molecule has 0 radical (unpaired) electrons. The lowest BCUT2D eigenvalue weighted by Crippen LogP contribution is -2.27. The molecule has 0 saturated heterocycles. The van der Waals surface area contributed by atoms with Gasteiger partial charge in [0.1, 0.15) is 11.5 Å². The summed E-state index contributed by atoms with van der Waals surface area (Å²) >= 11 is 1.88. The number of benzene rings is 1. The van der Waals surface area contributed by atoms with Gasteiger partial charge in [0.05, 0.1) is 11.0 Å². The van der Waals surface area contributed by atoms with Crippen LogP contribution < -0.4 is 5.32 Å². The molecule has 0 spiro atoms. The number of hydrogen-bond acceptors (Lipinski definition) is 4. The fourth-order valence-corrected chi connectivity index (χ4v) is 3.18. The second-order valence-corrected chi connectivity index (χ2v) is 5.91. The molecular weight excluding hydrogens is 267 g/mol. The highest BCUT2D eigenvalue weighted by molar-refractivity contribution is 7.99. The average Bonchev–Trinajstić information content (AvgIpc) is 2.41. The molecule has 1 fully saturated rings. The van der Waals surface area contributed by atoms with Gasteiger partial charge in [-0.1, -0.05) is 0 Å². The van der Waals surface area contributed by atoms with Gasteiger partial charge in [-0.3, -0.25) is 10.1 Å². The van der Waals surface area contributed by atoms with Crippen molar-refractivity contribution in [2.24, 2.45) is 0 Å². The van der Waals surface area contributed by atoms with Crippen LogP contribution in [-0.4, -0.2) is 22.5 Å². The van der Waals surface area contributed by atoms with E-state index >= 15 is 0 Å². The first kappa shape index (κ1) is 14.1. The van der Waals surface area contributed by atoms with Crippen molar-refractivity contribution in [1.29, 1.82) is 0 Å². The van der Waals surface area contributed by atoms with E-state index in [0.29, 0.717) is 10.9 Å². The minimum absolute atomic E-state index is 0.188. The van der Waals surface area contributed by atoms with Gasteiger partial charge in [-0.15, -0.1) is 0 Å². The molecule has 0 aromatic heterocycles. The number of nitro benzene ring substituents is 1. The zero-order valence-electron chi connectivity index (χ0n) is 10.8. The number of nitrogens with one attached hydrogen (secondary N) is 1. The van der Waals surface area contributed by atoms with E-state index in [-0.39, 0.29) is 11.7 Å². The smallest absolute Gasteiger partial charge is 0.295 e. The van der Waals surface area contributed by atoms with Crippen LogP contribution in [0, 0.1) is 15.9 Å². The van der Waals surface area contributed by atoms with Crippen LogP contribution in [0.3, 0.4) is 0 Å². The van der Waals surface area contributed by atoms with Gasteiger partial charge in [0, 0.05) is 11.3 Å². The van der Waals surface area contributed by atoms with E-state index in [0.717, 1.165) is 31.7 Å². The summed E-state index contributed by atoms with van der Waals surface area (Å²) in [5.41, 5.74) is 0.228. The summed E-state index contributed by atoms with van der Waals surface area (Å²) in [5, 5.41) is 14.8. The molecule has 0 heterocycles. The van der Waals surface area contributed by atoms with E-state index in [2.05, 4.69) is 11.6 Å². The maximum Gasteiger partial charge on any atom is 0.295 e. The predicted molar refractivity (Wildman–Crippen MR) is 76.2 cm³/mol. The van der Waals surface area contributed by atoms with E-state index in [1.54, 1.807) is 0 Å². The molecule has 1 saturated carbocycles. The second-order valence-electron chi connectivity index (χ2n) is 4.77. The van der Waals surface area contributed by atoms with Gasteiger partial charge >= 0.3 is 0 Å². The van der Waals surface area contributed by atoms with Crippen LogP contribution in [0.4, 0.5) is 15.8 Å². The van der Waals surface area contributed by atoms with Crippen LogP contribution in [0.15, 0.2) is 18.2 Å². The Balaban J connectivity index is 2.05. The minimum Gasteiger partial charge on any atom is -0.377 e. The van der Waals surface area contributed by atoms with Crippen molar-refractivity contribution in [2.45, 2.75) is 37.0 Å². The van der Waals surface area contributed by atoms with Crippen LogP contribution in [0.5, 0.6) is 0 Å². The van der Waals surface area contributed by atoms with Crippen molar-refractivity contribution in [3.05, 3.63) is 34.1 Å². The van der Waals surface area contributed by atoms with Gasteiger partial charge in [0.25, 0.3) is 5.69 Å². The molecule has 104 valence electrons. The first-order valence-electron chi connectivity index (χ1n) is 6.33. The molecule has 0 atom stereocenters. The molecule has 19 heavy (non-hydrogen) atoms. The Kier molecular flexibility index (Phi) is 4.63. The van der Waals surface area contributed by atoms with Crippen LogP contribution in [-0.2, 0) is 0 Å². The predicted octanol–water partition coefficient (Wildman–Crippen LogP) is 3.82. The molecular formula is C13H17FN2O2S. The zero-order valence-corrected chi connectivity index (χ0v) is 11.6. The summed E-state index contributed by atoms with van der Waals surface area (Å²) in [6.07, 6.45) is 6.35. The quantitative estimate of drug-likeness (QED) is 0.674. The Morgan fingerprint density at radius 1 is 1.37 bits per heavy atom. The largest absolute Gasteiger partial charge is 0.377 e. The van der Waals surface area contributed by atoms with Crippen molar-refractivity contribution >= 4 is 23.1 Å². The van der Waals surface area contributed by atoms with Crippen molar-refractivity contribution in [1.82, 2.24) is 0 Å². The first-order chi connectivity index (χ1) is 9.10. The highest BCUT2D eigenvalue weighted by atomic mass is 32.2. The third kappa shape index (κ3) is 3.59. The highest BCUT2D eigenvalue weighted by Crippen LogP contribution is 2.31. The molecule has 0 amide bonds. The average molecular weight is 284 g/mol. The van der Waals surface area contributed by atoms with Gasteiger partial charge in [-0.2, -0.15) is 11.8 Å². The topological polar surface area (TPSA) is 55.2 Å². The van der Waals surface area contributed by atoms with Crippen LogP contribution in [0.1, 0.15) is 25.7 Å². The molecule has 1 aromatic rings. The summed E-state index contributed by atoms with van der Waals surface area (Å²) < 4.78 is 13.0. The Morgan fingerprint density at radius 3 is 2.63 bits per heavy atom. The van der Waals surface area contributed by atoms with Crippen LogP contribution in [0.2, 0.25) is 0 Å². The second kappa shape index (κ2) is 6.23. The van der Waals surface area contributed by atoms with Gasteiger partial charge < -0.3 is 5.32 Å². The van der Waals surface area contributed by atoms with Crippen molar-refractivity contribution in [3.63, 3.8) is 0 Å². The molecule has 1 aliphatic rings. The van der Waals surface area contributed by atoms with E-state index in [9.17, 15) is 14.5 Å². The first-order valence-corrected chi connectivity index (χ1v) is 7.62. The maximum atomic E-state index is 13.0. The summed E-state index contributed by atoms with van der Waals surface area (Å²) in [6, 6.07) is 3.92. The minimum atomic E-state index is -0.580. The molecule has 1 aromatic carbocycles. The number of nitro groups is 1. The number of anilines is 1. The summed E-state index contributed by atoms with van der Waals surface area (Å²) in [5.74, 6) is -0.580. The van der Waals surface area contributed by atoms with Crippen LogP contribution in [0.25, 0.3) is 0 Å². The SMILES string of the molecule is CSC1CCC(Nc2ccc(F)cc2[N+](=O)[O-])CC1. The lowest BCUT2D eigenvalue weighted by molar-refractivity contribution is -0.384. The summed E-state index contributed by atoms with van der Waals surface area (Å²) in [7, 11) is 0. The summed E-state index contributed by atoms with van der Waals surface area (Å²) in [4.78, 5) is 10.4. The molecule has 0 aliphatic heterocycles. The third-order valence-electron chi connectivity index (χ3n) is 3.52. The molecule has 0 unspecified atom stereocenters. The standard InChI is InChI=1S/C13H17FN2O2S/c1-19-11-5-3-10(4-6-11)15-12-7-2-9(14)8-13(12)16(17)18/h2,7-8,10-11,15H,3-6H2,1H3. The third-order valence-corrected chi connectivity index (χ3v) is 4.66. The van der Waals surface area contributed by atoms with E-state index in [1.165, 1.54) is 12.1 Å². The number of nitrogens with zero attached hydrogens (tertiary/aromatic N) is 1. The number of halogens is 1. The molecule has 1 aliphatic carbocycles. The van der Waals surface area contributed by atoms with Crippen LogP contribution >= 0.6 is 11.8 Å². The number of thioether (sulfide) groups is 1. The van der Waals surface area contributed by atoms with Crippen molar-refractivity contribution in [3.8, 4) is 0 Å². The van der Waals surface area contributed by atoms with E-state index in [1.807, 2.05) is 11.8 Å². The zero-order chi connectivity index (χ0) is 13.8. The maximum absolute atomic E-state index is 13.0. The lowest BCUT2D eigenvalue weighted by atomic mass is 9.94. The van der Waals surface area contributed by atoms with E-state index in [4.69, 9.17) is 0 Å². The highest BCUT2D eigenvalue weighted by Gasteiger charge is 2.23. The molecule has 6 heteroatoms. The van der Waals surface area contributed by atoms with Gasteiger partial charge in [0.15, 0.2) is 0 Å². The van der Waals surface area contributed by atoms with Gasteiger partial charge in [-0.05, 0) is 44.1 Å². The number of rotatable bonds is 4. The lowest BCUT2D eigenvalue weighted by Gasteiger charge is -2.28.